The van der Waals surface area contributed by atoms with Gasteiger partial charge in [0, 0.05) is 24.9 Å². The third kappa shape index (κ3) is 2.68. The number of aromatic nitrogens is 1. The Bertz CT molecular complexity index is 612. The Balaban J connectivity index is 2.11. The second-order valence-corrected chi connectivity index (χ2v) is 4.12. The fraction of sp³-hybridized carbons (Fsp3) is 0.231. The van der Waals surface area contributed by atoms with E-state index in [2.05, 4.69) is 4.98 Å². The fourth-order valence-electron chi connectivity index (χ4n) is 1.67. The van der Waals surface area contributed by atoms with Crippen LogP contribution in [0.15, 0.2) is 39.7 Å². The number of hydrogen-bond donors (Lipinski definition) is 1. The summed E-state index contributed by atoms with van der Waals surface area (Å²) in [4.78, 5) is 27.2. The highest BCUT2D eigenvalue weighted by molar-refractivity contribution is 5.93. The van der Waals surface area contributed by atoms with Gasteiger partial charge in [-0.3, -0.25) is 9.59 Å². The summed E-state index contributed by atoms with van der Waals surface area (Å²) >= 11 is 0. The number of rotatable bonds is 3. The standard InChI is InChI=1S/C13H14N2O3/c1-9-3-4-11(18-9)8-15(2)13(17)10-5-6-14-12(16)7-10/h3-7H,8H2,1-2H3,(H,14,16). The maximum Gasteiger partial charge on any atom is 0.254 e. The van der Waals surface area contributed by atoms with E-state index in [4.69, 9.17) is 4.42 Å². The van der Waals surface area contributed by atoms with Crippen LogP contribution in [0.1, 0.15) is 21.9 Å². The van der Waals surface area contributed by atoms with Crippen molar-refractivity contribution in [2.24, 2.45) is 0 Å². The normalized spacial score (nSPS) is 10.3. The van der Waals surface area contributed by atoms with Crippen molar-refractivity contribution >= 4 is 5.91 Å². The van der Waals surface area contributed by atoms with Crippen LogP contribution < -0.4 is 5.56 Å². The molecule has 94 valence electrons. The molecule has 2 heterocycles. The Morgan fingerprint density at radius 1 is 1.39 bits per heavy atom. The van der Waals surface area contributed by atoms with Gasteiger partial charge in [0.2, 0.25) is 5.56 Å². The van der Waals surface area contributed by atoms with Crippen LogP contribution in [-0.2, 0) is 6.54 Å². The van der Waals surface area contributed by atoms with Crippen molar-refractivity contribution in [1.82, 2.24) is 9.88 Å². The number of pyridine rings is 1. The third-order valence-electron chi connectivity index (χ3n) is 2.56. The van der Waals surface area contributed by atoms with Gasteiger partial charge in [-0.1, -0.05) is 0 Å². The minimum Gasteiger partial charge on any atom is -0.464 e. The molecule has 2 rings (SSSR count). The van der Waals surface area contributed by atoms with Gasteiger partial charge in [0.1, 0.15) is 11.5 Å². The van der Waals surface area contributed by atoms with Crippen molar-refractivity contribution in [2.75, 3.05) is 7.05 Å². The first-order chi connectivity index (χ1) is 8.56. The van der Waals surface area contributed by atoms with Gasteiger partial charge in [-0.25, -0.2) is 0 Å². The number of hydrogen-bond acceptors (Lipinski definition) is 3. The summed E-state index contributed by atoms with van der Waals surface area (Å²) in [5, 5.41) is 0. The zero-order chi connectivity index (χ0) is 13.1. The molecule has 18 heavy (non-hydrogen) atoms. The van der Waals surface area contributed by atoms with E-state index in [1.165, 1.54) is 17.2 Å². The van der Waals surface area contributed by atoms with Gasteiger partial charge in [-0.2, -0.15) is 0 Å². The summed E-state index contributed by atoms with van der Waals surface area (Å²) in [5.41, 5.74) is 0.0765. The first-order valence-electron chi connectivity index (χ1n) is 5.56. The van der Waals surface area contributed by atoms with E-state index in [0.717, 1.165) is 5.76 Å². The summed E-state index contributed by atoms with van der Waals surface area (Å²) in [6.07, 6.45) is 1.46. The summed E-state index contributed by atoms with van der Waals surface area (Å²) in [6.45, 7) is 2.22. The summed E-state index contributed by atoms with van der Waals surface area (Å²) < 4.78 is 5.40. The van der Waals surface area contributed by atoms with E-state index in [0.29, 0.717) is 17.9 Å². The van der Waals surface area contributed by atoms with Crippen molar-refractivity contribution in [3.8, 4) is 0 Å². The van der Waals surface area contributed by atoms with Gasteiger partial charge >= 0.3 is 0 Å². The topological polar surface area (TPSA) is 66.3 Å². The number of carbonyl (C=O) groups excluding carboxylic acids is 1. The molecule has 0 bridgehead atoms. The quantitative estimate of drug-likeness (QED) is 0.893. The van der Waals surface area contributed by atoms with Gasteiger partial charge < -0.3 is 14.3 Å². The molecule has 0 spiro atoms. The highest BCUT2D eigenvalue weighted by atomic mass is 16.3. The summed E-state index contributed by atoms with van der Waals surface area (Å²) in [7, 11) is 1.67. The van der Waals surface area contributed by atoms with Crippen molar-refractivity contribution in [1.29, 1.82) is 0 Å². The van der Waals surface area contributed by atoms with Crippen LogP contribution in [0.25, 0.3) is 0 Å². The molecule has 0 unspecified atom stereocenters. The zero-order valence-electron chi connectivity index (χ0n) is 10.3. The Hall–Kier alpha value is -2.30. The molecule has 0 aliphatic carbocycles. The van der Waals surface area contributed by atoms with Crippen LogP contribution in [0, 0.1) is 6.92 Å². The van der Waals surface area contributed by atoms with Crippen LogP contribution in [0.4, 0.5) is 0 Å². The lowest BCUT2D eigenvalue weighted by Gasteiger charge is -2.15. The van der Waals surface area contributed by atoms with Crippen molar-refractivity contribution < 1.29 is 9.21 Å². The number of carbonyl (C=O) groups is 1. The van der Waals surface area contributed by atoms with Crippen LogP contribution in [0.2, 0.25) is 0 Å². The number of furan rings is 1. The highest BCUT2D eigenvalue weighted by Crippen LogP contribution is 2.10. The highest BCUT2D eigenvalue weighted by Gasteiger charge is 2.13. The molecule has 1 N–H and O–H groups in total. The van der Waals surface area contributed by atoms with E-state index in [9.17, 15) is 9.59 Å². The zero-order valence-corrected chi connectivity index (χ0v) is 10.3. The van der Waals surface area contributed by atoms with Crippen molar-refractivity contribution in [3.63, 3.8) is 0 Å². The molecule has 0 saturated carbocycles. The first-order valence-corrected chi connectivity index (χ1v) is 5.56. The molecule has 5 heteroatoms. The molecular weight excluding hydrogens is 232 g/mol. The molecule has 2 aromatic rings. The van der Waals surface area contributed by atoms with Gasteiger partial charge in [0.15, 0.2) is 0 Å². The minimum atomic E-state index is -0.289. The largest absolute Gasteiger partial charge is 0.464 e. The SMILES string of the molecule is Cc1ccc(CN(C)C(=O)c2cc[nH]c(=O)c2)o1. The first kappa shape index (κ1) is 12.2. The Labute approximate surface area is 104 Å². The van der Waals surface area contributed by atoms with Crippen LogP contribution >= 0.6 is 0 Å². The lowest BCUT2D eigenvalue weighted by Crippen LogP contribution is -2.27. The minimum absolute atomic E-state index is 0.213. The molecule has 5 nitrogen and oxygen atoms in total. The van der Waals surface area contributed by atoms with Crippen LogP contribution in [0.3, 0.4) is 0 Å². The predicted octanol–water partition coefficient (Wildman–Crippen LogP) is 1.55. The fourth-order valence-corrected chi connectivity index (χ4v) is 1.67. The van der Waals surface area contributed by atoms with Gasteiger partial charge in [0.25, 0.3) is 5.91 Å². The monoisotopic (exact) mass is 246 g/mol. The third-order valence-corrected chi connectivity index (χ3v) is 2.56. The van der Waals surface area contributed by atoms with Gasteiger partial charge in [-0.15, -0.1) is 0 Å². The number of H-pyrrole nitrogens is 1. The van der Waals surface area contributed by atoms with Gasteiger partial charge in [-0.05, 0) is 25.1 Å². The van der Waals surface area contributed by atoms with Crippen LogP contribution in [0.5, 0.6) is 0 Å². The average Bonchev–Trinajstić information content (AvgIpc) is 2.73. The van der Waals surface area contributed by atoms with E-state index in [-0.39, 0.29) is 11.5 Å². The maximum absolute atomic E-state index is 12.0. The van der Waals surface area contributed by atoms with Gasteiger partial charge in [0.05, 0.1) is 6.54 Å². The number of aromatic amines is 1. The predicted molar refractivity (Wildman–Crippen MR) is 66.3 cm³/mol. The smallest absolute Gasteiger partial charge is 0.254 e. The summed E-state index contributed by atoms with van der Waals surface area (Å²) in [6, 6.07) is 6.54. The van der Waals surface area contributed by atoms with E-state index < -0.39 is 0 Å². The maximum atomic E-state index is 12.0. The van der Waals surface area contributed by atoms with E-state index in [1.807, 2.05) is 19.1 Å². The molecule has 0 radical (unpaired) electrons. The lowest BCUT2D eigenvalue weighted by atomic mass is 10.2. The molecule has 0 saturated heterocycles. The number of nitrogens with zero attached hydrogens (tertiary/aromatic N) is 1. The Kier molecular flexibility index (Phi) is 3.32. The Morgan fingerprint density at radius 3 is 2.78 bits per heavy atom. The molecule has 0 aliphatic rings. The van der Waals surface area contributed by atoms with Crippen molar-refractivity contribution in [2.45, 2.75) is 13.5 Å². The molecule has 0 fully saturated rings. The molecule has 0 atom stereocenters. The average molecular weight is 246 g/mol. The van der Waals surface area contributed by atoms with E-state index in [1.54, 1.807) is 13.1 Å². The summed E-state index contributed by atoms with van der Waals surface area (Å²) in [5.74, 6) is 1.31. The molecule has 0 aliphatic heterocycles. The molecule has 0 aromatic carbocycles. The van der Waals surface area contributed by atoms with Crippen LogP contribution in [-0.4, -0.2) is 22.8 Å². The molecule has 1 amide bonds. The number of nitrogens with one attached hydrogen (secondary N) is 1. The molecule has 2 aromatic heterocycles. The van der Waals surface area contributed by atoms with Crippen molar-refractivity contribution in [3.05, 3.63) is 57.9 Å². The number of amides is 1. The Morgan fingerprint density at radius 2 is 2.17 bits per heavy atom. The van der Waals surface area contributed by atoms with E-state index >= 15 is 0 Å². The number of aryl methyl sites for hydroxylation is 1. The second-order valence-electron chi connectivity index (χ2n) is 4.12. The lowest BCUT2D eigenvalue weighted by molar-refractivity contribution is 0.0774. The molecular formula is C13H14N2O3. The second kappa shape index (κ2) is 4.91.